The number of anilines is 4. The van der Waals surface area contributed by atoms with E-state index in [1.54, 1.807) is 23.3 Å². The van der Waals surface area contributed by atoms with Gasteiger partial charge in [0.15, 0.2) is 0 Å². The van der Waals surface area contributed by atoms with Gasteiger partial charge in [-0.1, -0.05) is 183 Å². The summed E-state index contributed by atoms with van der Waals surface area (Å²) in [6.07, 6.45) is 12.3. The molecule has 1 unspecified atom stereocenters. The standard InChI is InChI=1S/C24H19N5.C24H33P.C9H7ClN2.C6H7N/c1-2-8-20(9-3-1)29(23-12-4-10-21(18-23)27-16-6-14-25-27)24-13-5-11-22(19-24)28-17-7-15-26-28;1-21(2,3)25(22(4,5)6)23(7)18-24(23,19-14-10-8-11-15-19)20-16-12-9-13-17-20;10-8-3-1-4-9(7-8)12-6-2-5-11-12;7-6-4-2-1-3-5-6/h1-19H;8-17H,18H2,1-7H3;1-7H;1-5H,7H2. The molecular formula is C63H66ClN8P. The van der Waals surface area contributed by atoms with Gasteiger partial charge in [0.05, 0.1) is 17.1 Å². The maximum absolute atomic E-state index is 5.82. The summed E-state index contributed by atoms with van der Waals surface area (Å²) in [5.74, 6) is 0. The molecule has 2 N–H and O–H groups in total. The third-order valence-corrected chi connectivity index (χ3v) is 17.3. The number of rotatable bonds is 9. The number of nitrogens with zero attached hydrogens (tertiary/aromatic N) is 7. The molecule has 0 bridgehead atoms. The Labute approximate surface area is 438 Å². The van der Waals surface area contributed by atoms with Gasteiger partial charge < -0.3 is 10.6 Å². The summed E-state index contributed by atoms with van der Waals surface area (Å²) in [7, 11) is -0.208. The van der Waals surface area contributed by atoms with E-state index in [9.17, 15) is 0 Å². The van der Waals surface area contributed by atoms with Crippen molar-refractivity contribution in [2.45, 2.75) is 75.8 Å². The molecule has 1 fully saturated rings. The van der Waals surface area contributed by atoms with Crippen LogP contribution in [0, 0.1) is 0 Å². The zero-order valence-electron chi connectivity index (χ0n) is 42.9. The quantitative estimate of drug-likeness (QED) is 0.115. The van der Waals surface area contributed by atoms with Gasteiger partial charge in [-0.25, -0.2) is 14.0 Å². The largest absolute Gasteiger partial charge is 0.399 e. The molecule has 10 aromatic rings. The van der Waals surface area contributed by atoms with E-state index in [-0.39, 0.29) is 13.3 Å². The zero-order valence-corrected chi connectivity index (χ0v) is 44.6. The predicted molar refractivity (Wildman–Crippen MR) is 308 cm³/mol. The van der Waals surface area contributed by atoms with Crippen molar-refractivity contribution in [3.63, 3.8) is 0 Å². The van der Waals surface area contributed by atoms with Gasteiger partial charge in [-0.2, -0.15) is 15.3 Å². The van der Waals surface area contributed by atoms with Crippen LogP contribution in [-0.4, -0.2) is 44.8 Å². The molecule has 0 amide bonds. The van der Waals surface area contributed by atoms with Gasteiger partial charge in [0.2, 0.25) is 0 Å². The fraction of sp³-hybridized carbons (Fsp3) is 0.190. The average molecular weight is 1000 g/mol. The third-order valence-electron chi connectivity index (χ3n) is 12.9. The predicted octanol–water partition coefficient (Wildman–Crippen LogP) is 16.5. The van der Waals surface area contributed by atoms with Gasteiger partial charge >= 0.3 is 0 Å². The molecule has 0 aliphatic heterocycles. The summed E-state index contributed by atoms with van der Waals surface area (Å²) in [6, 6.07) is 72.3. The Morgan fingerprint density at radius 3 is 1.19 bits per heavy atom. The van der Waals surface area contributed by atoms with E-state index in [2.05, 4.69) is 202 Å². The van der Waals surface area contributed by atoms with E-state index in [0.717, 1.165) is 44.8 Å². The number of aromatic nitrogens is 6. The second kappa shape index (κ2) is 22.9. The smallest absolute Gasteiger partial charge is 0.0666 e. The molecular weight excluding hydrogens is 935 g/mol. The lowest BCUT2D eigenvalue weighted by Crippen LogP contribution is -2.35. The highest BCUT2D eigenvalue weighted by Crippen LogP contribution is 2.83. The molecule has 1 atom stereocenters. The van der Waals surface area contributed by atoms with Gasteiger partial charge in [-0.05, 0) is 125 Å². The van der Waals surface area contributed by atoms with Crippen LogP contribution in [0.1, 0.15) is 66.0 Å². The molecule has 8 nitrogen and oxygen atoms in total. The zero-order chi connectivity index (χ0) is 51.5. The first-order chi connectivity index (χ1) is 35.2. The number of halogens is 1. The van der Waals surface area contributed by atoms with E-state index >= 15 is 0 Å². The second-order valence-corrected chi connectivity index (χ2v) is 25.0. The Kier molecular flexibility index (Phi) is 16.3. The van der Waals surface area contributed by atoms with Crippen LogP contribution in [0.4, 0.5) is 22.7 Å². The number of hydrogen-bond acceptors (Lipinski definition) is 5. The van der Waals surface area contributed by atoms with Crippen LogP contribution >= 0.6 is 19.5 Å². The van der Waals surface area contributed by atoms with Gasteiger partial charge in [0.25, 0.3) is 0 Å². The number of hydrogen-bond donors (Lipinski definition) is 1. The highest BCUT2D eigenvalue weighted by Gasteiger charge is 2.71. The monoisotopic (exact) mass is 1000 g/mol. The summed E-state index contributed by atoms with van der Waals surface area (Å²) < 4.78 is 5.51. The Morgan fingerprint density at radius 1 is 0.466 bits per heavy atom. The average Bonchev–Trinajstić information content (AvgIpc) is 4.07. The maximum atomic E-state index is 5.82. The number of para-hydroxylation sites is 2. The molecule has 73 heavy (non-hydrogen) atoms. The molecule has 7 aromatic carbocycles. The van der Waals surface area contributed by atoms with Crippen molar-refractivity contribution in [3.8, 4) is 17.1 Å². The van der Waals surface area contributed by atoms with Crippen molar-refractivity contribution in [2.24, 2.45) is 0 Å². The highest BCUT2D eigenvalue weighted by molar-refractivity contribution is 7.63. The van der Waals surface area contributed by atoms with Crippen molar-refractivity contribution in [3.05, 3.63) is 266 Å². The van der Waals surface area contributed by atoms with Crippen LogP contribution in [0.2, 0.25) is 5.02 Å². The normalized spacial score (nSPS) is 14.6. The lowest BCUT2D eigenvalue weighted by molar-refractivity contribution is 0.661. The molecule has 3 heterocycles. The van der Waals surface area contributed by atoms with E-state index in [1.807, 2.05) is 107 Å². The molecule has 0 spiro atoms. The number of nitrogens with two attached hydrogens (primary N) is 1. The molecule has 0 radical (unpaired) electrons. The van der Waals surface area contributed by atoms with E-state index in [4.69, 9.17) is 17.3 Å². The molecule has 1 saturated carbocycles. The fourth-order valence-electron chi connectivity index (χ4n) is 10.6. The minimum atomic E-state index is -0.208. The van der Waals surface area contributed by atoms with Crippen molar-refractivity contribution >= 4 is 42.3 Å². The van der Waals surface area contributed by atoms with Crippen LogP contribution < -0.4 is 10.6 Å². The number of nitrogen functional groups attached to an aromatic ring is 1. The molecule has 370 valence electrons. The maximum Gasteiger partial charge on any atom is 0.0666 e. The van der Waals surface area contributed by atoms with Gasteiger partial charge in [-0.15, -0.1) is 0 Å². The highest BCUT2D eigenvalue weighted by atomic mass is 35.5. The SMILES string of the molecule is CC(C)(C)P(C(C)(C)C)C1(C)CC1(c1ccccc1)c1ccccc1.Clc1cccc(-n2cccn2)c1.Nc1ccccc1.c1ccc(N(c2cccc(-n3cccn3)c2)c2cccc(-n3cccn3)c2)cc1. The molecule has 3 aromatic heterocycles. The summed E-state index contributed by atoms with van der Waals surface area (Å²) in [5, 5.41) is 14.5. The Morgan fingerprint density at radius 2 is 0.836 bits per heavy atom. The van der Waals surface area contributed by atoms with Crippen LogP contribution in [0.5, 0.6) is 0 Å². The summed E-state index contributed by atoms with van der Waals surface area (Å²) >= 11 is 5.82. The van der Waals surface area contributed by atoms with Crippen molar-refractivity contribution in [1.82, 2.24) is 29.3 Å². The van der Waals surface area contributed by atoms with Crippen molar-refractivity contribution in [1.29, 1.82) is 0 Å². The van der Waals surface area contributed by atoms with E-state index in [1.165, 1.54) is 17.5 Å². The summed E-state index contributed by atoms with van der Waals surface area (Å²) in [6.45, 7) is 17.3. The Balaban J connectivity index is 0.000000145. The van der Waals surface area contributed by atoms with Crippen LogP contribution in [-0.2, 0) is 5.41 Å². The third kappa shape index (κ3) is 12.4. The minimum absolute atomic E-state index is 0.155. The van der Waals surface area contributed by atoms with Gasteiger partial charge in [0.1, 0.15) is 0 Å². The molecule has 0 saturated heterocycles. The van der Waals surface area contributed by atoms with Gasteiger partial charge in [-0.3, -0.25) is 0 Å². The summed E-state index contributed by atoms with van der Waals surface area (Å²) in [5.41, 5.74) is 15.5. The first-order valence-corrected chi connectivity index (χ1v) is 26.4. The minimum Gasteiger partial charge on any atom is -0.399 e. The van der Waals surface area contributed by atoms with Crippen LogP contribution in [0.25, 0.3) is 17.1 Å². The first-order valence-electron chi connectivity index (χ1n) is 24.7. The van der Waals surface area contributed by atoms with Crippen molar-refractivity contribution < 1.29 is 0 Å². The fourth-order valence-corrected chi connectivity index (χ4v) is 16.8. The number of benzene rings is 7. The molecule has 1 aliphatic rings. The Bertz CT molecular complexity index is 3080. The summed E-state index contributed by atoms with van der Waals surface area (Å²) in [4.78, 5) is 2.24. The van der Waals surface area contributed by atoms with E-state index < -0.39 is 0 Å². The molecule has 1 aliphatic carbocycles. The van der Waals surface area contributed by atoms with Crippen LogP contribution in [0.3, 0.4) is 0 Å². The lowest BCUT2D eigenvalue weighted by Gasteiger charge is -2.48. The lowest BCUT2D eigenvalue weighted by atomic mass is 9.86. The van der Waals surface area contributed by atoms with Crippen LogP contribution in [0.15, 0.2) is 250 Å². The molecule has 11 rings (SSSR count). The first kappa shape index (κ1) is 51.8. The van der Waals surface area contributed by atoms with Gasteiger partial charge in [0, 0.05) is 75.5 Å². The van der Waals surface area contributed by atoms with E-state index in [0.29, 0.717) is 15.5 Å². The second-order valence-electron chi connectivity index (χ2n) is 20.2. The molecule has 10 heteroatoms. The van der Waals surface area contributed by atoms with Crippen molar-refractivity contribution in [2.75, 3.05) is 10.6 Å². The Hall–Kier alpha value is -7.51. The topological polar surface area (TPSA) is 82.7 Å².